The van der Waals surface area contributed by atoms with Crippen molar-refractivity contribution >= 4 is 40.9 Å². The highest BCUT2D eigenvalue weighted by atomic mass is 35.5. The molecule has 1 unspecified atom stereocenters. The van der Waals surface area contributed by atoms with Crippen LogP contribution in [0.15, 0.2) is 12.1 Å². The lowest BCUT2D eigenvalue weighted by atomic mass is 9.97. The van der Waals surface area contributed by atoms with E-state index in [-0.39, 0.29) is 22.2 Å². The number of halogens is 3. The van der Waals surface area contributed by atoms with Crippen LogP contribution in [0.5, 0.6) is 0 Å². The van der Waals surface area contributed by atoms with Gasteiger partial charge in [0.25, 0.3) is 0 Å². The van der Waals surface area contributed by atoms with Gasteiger partial charge in [0.1, 0.15) is 11.4 Å². The number of anilines is 1. The third-order valence-electron chi connectivity index (χ3n) is 2.86. The summed E-state index contributed by atoms with van der Waals surface area (Å²) in [7, 11) is 0. The van der Waals surface area contributed by atoms with E-state index in [1.54, 1.807) is 6.92 Å². The number of hydrogen-bond donors (Lipinski definition) is 3. The number of rotatable bonds is 5. The van der Waals surface area contributed by atoms with Crippen molar-refractivity contribution in [3.63, 3.8) is 0 Å². The molecule has 1 atom stereocenters. The Hall–Kier alpha value is -1.53. The summed E-state index contributed by atoms with van der Waals surface area (Å²) in [6.45, 7) is 3.20. The molecule has 1 rings (SSSR count). The summed E-state index contributed by atoms with van der Waals surface area (Å²) in [4.78, 5) is 23.1. The summed E-state index contributed by atoms with van der Waals surface area (Å²) in [6.07, 6.45) is 0.821. The molecule has 3 N–H and O–H groups in total. The van der Waals surface area contributed by atoms with Gasteiger partial charge >= 0.3 is 12.0 Å². The van der Waals surface area contributed by atoms with Crippen LogP contribution in [-0.4, -0.2) is 22.6 Å². The van der Waals surface area contributed by atoms with E-state index in [0.717, 1.165) is 12.1 Å². The molecule has 0 spiro atoms. The molecule has 0 aromatic heterocycles. The Bertz CT molecular complexity index is 545. The summed E-state index contributed by atoms with van der Waals surface area (Å²) in [5.41, 5.74) is -1.40. The maximum absolute atomic E-state index is 13.0. The molecular weight excluding hydrogens is 322 g/mol. The number of benzene rings is 1. The molecule has 0 radical (unpaired) electrons. The fourth-order valence-corrected chi connectivity index (χ4v) is 2.33. The standard InChI is InChI=1S/C13H15Cl2FN2O3/c1-3-4-13(2,11(19)20)18-12(21)17-10-8(14)5-7(16)6-9(10)15/h5-6H,3-4H2,1-2H3,(H,19,20)(H2,17,18,21). The first-order chi connectivity index (χ1) is 9.69. The summed E-state index contributed by atoms with van der Waals surface area (Å²) in [6, 6.07) is 1.19. The van der Waals surface area contributed by atoms with Crippen molar-refractivity contribution in [2.45, 2.75) is 32.2 Å². The zero-order valence-corrected chi connectivity index (χ0v) is 13.0. The second-order valence-electron chi connectivity index (χ2n) is 4.71. The first-order valence-corrected chi connectivity index (χ1v) is 6.92. The second kappa shape index (κ2) is 6.95. The Morgan fingerprint density at radius 1 is 1.33 bits per heavy atom. The summed E-state index contributed by atoms with van der Waals surface area (Å²) in [5, 5.41) is 13.7. The van der Waals surface area contributed by atoms with Gasteiger partial charge in [-0.3, -0.25) is 0 Å². The quantitative estimate of drug-likeness (QED) is 0.762. The Kier molecular flexibility index (Phi) is 5.80. The van der Waals surface area contributed by atoms with Crippen molar-refractivity contribution in [3.05, 3.63) is 28.0 Å². The maximum atomic E-state index is 13.0. The zero-order valence-electron chi connectivity index (χ0n) is 11.5. The Morgan fingerprint density at radius 3 is 2.29 bits per heavy atom. The molecule has 0 heterocycles. The minimum absolute atomic E-state index is 0.0153. The SMILES string of the molecule is CCCC(C)(NC(=O)Nc1c(Cl)cc(F)cc1Cl)C(=O)O. The predicted molar refractivity (Wildman–Crippen MR) is 79.5 cm³/mol. The van der Waals surface area contributed by atoms with E-state index in [4.69, 9.17) is 23.2 Å². The average molecular weight is 337 g/mol. The molecule has 0 saturated carbocycles. The fraction of sp³-hybridized carbons (Fsp3) is 0.385. The van der Waals surface area contributed by atoms with Gasteiger partial charge in [-0.1, -0.05) is 36.5 Å². The van der Waals surface area contributed by atoms with Crippen LogP contribution in [0.25, 0.3) is 0 Å². The largest absolute Gasteiger partial charge is 0.480 e. The molecule has 8 heteroatoms. The smallest absolute Gasteiger partial charge is 0.329 e. The third kappa shape index (κ3) is 4.47. The molecule has 1 aromatic rings. The molecule has 0 aliphatic heterocycles. The van der Waals surface area contributed by atoms with Crippen molar-refractivity contribution in [2.75, 3.05) is 5.32 Å². The molecular formula is C13H15Cl2FN2O3. The molecule has 0 bridgehead atoms. The first kappa shape index (κ1) is 17.5. The number of nitrogens with one attached hydrogen (secondary N) is 2. The predicted octanol–water partition coefficient (Wildman–Crippen LogP) is 3.90. The fourth-order valence-electron chi connectivity index (χ4n) is 1.78. The van der Waals surface area contributed by atoms with Crippen LogP contribution in [0.2, 0.25) is 10.0 Å². The van der Waals surface area contributed by atoms with Crippen molar-refractivity contribution in [3.8, 4) is 0 Å². The van der Waals surface area contributed by atoms with Crippen LogP contribution in [0.1, 0.15) is 26.7 Å². The number of amides is 2. The van der Waals surface area contributed by atoms with Crippen LogP contribution >= 0.6 is 23.2 Å². The van der Waals surface area contributed by atoms with E-state index in [1.807, 2.05) is 0 Å². The molecule has 1 aromatic carbocycles. The van der Waals surface area contributed by atoms with Gasteiger partial charge in [-0.15, -0.1) is 0 Å². The first-order valence-electron chi connectivity index (χ1n) is 6.16. The van der Waals surface area contributed by atoms with E-state index < -0.39 is 23.4 Å². The molecule has 0 aliphatic carbocycles. The minimum atomic E-state index is -1.42. The molecule has 116 valence electrons. The molecule has 0 aliphatic rings. The third-order valence-corrected chi connectivity index (χ3v) is 3.45. The Labute approximate surface area is 131 Å². The number of carboxylic acids is 1. The average Bonchev–Trinajstić information content (AvgIpc) is 2.33. The van der Waals surface area contributed by atoms with E-state index >= 15 is 0 Å². The van der Waals surface area contributed by atoms with Crippen molar-refractivity contribution in [1.82, 2.24) is 5.32 Å². The highest BCUT2D eigenvalue weighted by molar-refractivity contribution is 6.39. The lowest BCUT2D eigenvalue weighted by Gasteiger charge is -2.26. The zero-order chi connectivity index (χ0) is 16.2. The van der Waals surface area contributed by atoms with E-state index in [1.165, 1.54) is 6.92 Å². The second-order valence-corrected chi connectivity index (χ2v) is 5.53. The van der Waals surface area contributed by atoms with E-state index in [2.05, 4.69) is 10.6 Å². The Balaban J connectivity index is 2.89. The van der Waals surface area contributed by atoms with E-state index in [9.17, 15) is 19.1 Å². The highest BCUT2D eigenvalue weighted by Gasteiger charge is 2.34. The number of aliphatic carboxylic acids is 1. The summed E-state index contributed by atoms with van der Waals surface area (Å²) < 4.78 is 13.0. The van der Waals surface area contributed by atoms with Gasteiger partial charge in [0, 0.05) is 0 Å². The number of urea groups is 1. The van der Waals surface area contributed by atoms with Crippen LogP contribution in [0.4, 0.5) is 14.9 Å². The van der Waals surface area contributed by atoms with Crippen LogP contribution in [0.3, 0.4) is 0 Å². The van der Waals surface area contributed by atoms with Gasteiger partial charge in [-0.2, -0.15) is 0 Å². The highest BCUT2D eigenvalue weighted by Crippen LogP contribution is 2.31. The van der Waals surface area contributed by atoms with E-state index in [0.29, 0.717) is 6.42 Å². The van der Waals surface area contributed by atoms with Crippen molar-refractivity contribution in [2.24, 2.45) is 0 Å². The van der Waals surface area contributed by atoms with Gasteiger partial charge < -0.3 is 15.7 Å². The normalized spacial score (nSPS) is 13.4. The summed E-state index contributed by atoms with van der Waals surface area (Å²) >= 11 is 11.6. The van der Waals surface area contributed by atoms with Gasteiger partial charge in [0.2, 0.25) is 0 Å². The Morgan fingerprint density at radius 2 is 1.86 bits per heavy atom. The van der Waals surface area contributed by atoms with Crippen LogP contribution < -0.4 is 10.6 Å². The van der Waals surface area contributed by atoms with Gasteiger partial charge in [0.15, 0.2) is 0 Å². The van der Waals surface area contributed by atoms with Gasteiger partial charge in [-0.25, -0.2) is 14.0 Å². The van der Waals surface area contributed by atoms with Gasteiger partial charge in [0.05, 0.1) is 15.7 Å². The number of carbonyl (C=O) groups is 2. The van der Waals surface area contributed by atoms with Crippen LogP contribution in [0, 0.1) is 5.82 Å². The molecule has 0 saturated heterocycles. The van der Waals surface area contributed by atoms with Crippen molar-refractivity contribution in [1.29, 1.82) is 0 Å². The number of carboxylic acid groups (broad SMARTS) is 1. The van der Waals surface area contributed by atoms with Crippen molar-refractivity contribution < 1.29 is 19.1 Å². The number of hydrogen-bond acceptors (Lipinski definition) is 2. The molecule has 5 nitrogen and oxygen atoms in total. The molecule has 0 fully saturated rings. The maximum Gasteiger partial charge on any atom is 0.329 e. The topological polar surface area (TPSA) is 78.4 Å². The molecule has 21 heavy (non-hydrogen) atoms. The minimum Gasteiger partial charge on any atom is -0.480 e. The molecule has 2 amide bonds. The lowest BCUT2D eigenvalue weighted by molar-refractivity contribution is -0.143. The summed E-state index contributed by atoms with van der Waals surface area (Å²) in [5.74, 6) is -1.80. The number of carbonyl (C=O) groups excluding carboxylic acids is 1. The lowest BCUT2D eigenvalue weighted by Crippen LogP contribution is -2.53. The monoisotopic (exact) mass is 336 g/mol. The van der Waals surface area contributed by atoms with Crippen LogP contribution in [-0.2, 0) is 4.79 Å². The van der Waals surface area contributed by atoms with Gasteiger partial charge in [-0.05, 0) is 25.5 Å².